The number of halogens is 4. The van der Waals surface area contributed by atoms with Gasteiger partial charge in [-0.15, -0.1) is 0 Å². The Morgan fingerprint density at radius 3 is 2.41 bits per heavy atom. The maximum atomic E-state index is 11.2. The van der Waals surface area contributed by atoms with Gasteiger partial charge in [0.25, 0.3) is 0 Å². The topological polar surface area (TPSA) is 58.7 Å². The Morgan fingerprint density at radius 2 is 1.73 bits per heavy atom. The van der Waals surface area contributed by atoms with Crippen LogP contribution in [-0.4, -0.2) is 23.4 Å². The van der Waals surface area contributed by atoms with E-state index in [0.29, 0.717) is 56.6 Å². The van der Waals surface area contributed by atoms with E-state index in [2.05, 4.69) is 26.0 Å². The average molecular weight is 621 g/mol. The van der Waals surface area contributed by atoms with Gasteiger partial charge in [0.2, 0.25) is 0 Å². The summed E-state index contributed by atoms with van der Waals surface area (Å²) in [7, 11) is 0. The van der Waals surface area contributed by atoms with Crippen LogP contribution in [0.1, 0.15) is 35.6 Å². The molecule has 2 fully saturated rings. The Bertz CT molecular complexity index is 1460. The van der Waals surface area contributed by atoms with Crippen LogP contribution in [0.25, 0.3) is 11.3 Å². The Hall–Kier alpha value is -2.22. The normalized spacial score (nSPS) is 16.5. The van der Waals surface area contributed by atoms with Crippen molar-refractivity contribution in [2.45, 2.75) is 31.0 Å². The van der Waals surface area contributed by atoms with E-state index in [1.807, 2.05) is 36.4 Å². The van der Waals surface area contributed by atoms with E-state index in [-0.39, 0.29) is 6.61 Å². The van der Waals surface area contributed by atoms with Crippen LogP contribution in [-0.2, 0) is 12.2 Å². The summed E-state index contributed by atoms with van der Waals surface area (Å²) in [5, 5.41) is 17.0. The highest BCUT2D eigenvalue weighted by molar-refractivity contribution is 9.10. The summed E-state index contributed by atoms with van der Waals surface area (Å²) in [6, 6.07) is 18.8. The van der Waals surface area contributed by atoms with Crippen molar-refractivity contribution in [2.75, 3.05) is 18.0 Å². The van der Waals surface area contributed by atoms with Gasteiger partial charge in [-0.1, -0.05) is 74.1 Å². The van der Waals surface area contributed by atoms with E-state index >= 15 is 0 Å². The number of anilines is 1. The SMILES string of the molecule is OC1(c2ccc(OCc3c(-c4c(Cl)cccc4Cl)noc3C3CC3)cc2Cl)CN(c2cccc(Br)c2)C1. The largest absolute Gasteiger partial charge is 0.489 e. The molecule has 1 aliphatic carbocycles. The van der Waals surface area contributed by atoms with Crippen LogP contribution in [0, 0.1) is 0 Å². The average Bonchev–Trinajstić information content (AvgIpc) is 3.61. The first kappa shape index (κ1) is 25.1. The van der Waals surface area contributed by atoms with Crippen LogP contribution in [0.3, 0.4) is 0 Å². The van der Waals surface area contributed by atoms with Crippen molar-refractivity contribution < 1.29 is 14.4 Å². The smallest absolute Gasteiger partial charge is 0.147 e. The molecule has 0 bridgehead atoms. The summed E-state index contributed by atoms with van der Waals surface area (Å²) in [4.78, 5) is 2.11. The van der Waals surface area contributed by atoms with E-state index in [1.165, 1.54) is 0 Å². The van der Waals surface area contributed by atoms with Crippen molar-refractivity contribution >= 4 is 56.4 Å². The number of rotatable bonds is 7. The van der Waals surface area contributed by atoms with E-state index in [9.17, 15) is 5.11 Å². The predicted molar refractivity (Wildman–Crippen MR) is 150 cm³/mol. The van der Waals surface area contributed by atoms with Gasteiger partial charge in [-0.2, -0.15) is 0 Å². The zero-order valence-corrected chi connectivity index (χ0v) is 23.4. The molecule has 1 aliphatic heterocycles. The van der Waals surface area contributed by atoms with Crippen molar-refractivity contribution in [3.05, 3.63) is 97.1 Å². The van der Waals surface area contributed by atoms with Crippen LogP contribution >= 0.6 is 50.7 Å². The van der Waals surface area contributed by atoms with Gasteiger partial charge in [-0.05, 0) is 55.3 Å². The molecule has 1 saturated heterocycles. The van der Waals surface area contributed by atoms with Gasteiger partial charge in [0.1, 0.15) is 29.4 Å². The molecule has 37 heavy (non-hydrogen) atoms. The summed E-state index contributed by atoms with van der Waals surface area (Å²) in [5.41, 5.74) is 2.76. The lowest BCUT2D eigenvalue weighted by atomic mass is 9.85. The molecule has 3 aromatic carbocycles. The fraction of sp³-hybridized carbons (Fsp3) is 0.250. The van der Waals surface area contributed by atoms with Crippen LogP contribution in [0.4, 0.5) is 5.69 Å². The fourth-order valence-corrected chi connectivity index (χ4v) is 6.09. The summed E-state index contributed by atoms with van der Waals surface area (Å²) >= 11 is 23.1. The highest BCUT2D eigenvalue weighted by Crippen LogP contribution is 2.46. The van der Waals surface area contributed by atoms with Crippen molar-refractivity contribution in [1.82, 2.24) is 5.16 Å². The van der Waals surface area contributed by atoms with Gasteiger partial charge in [0.05, 0.1) is 33.7 Å². The first-order chi connectivity index (χ1) is 17.8. The minimum absolute atomic E-state index is 0.225. The van der Waals surface area contributed by atoms with Crippen molar-refractivity contribution in [1.29, 1.82) is 0 Å². The predicted octanol–water partition coefficient (Wildman–Crippen LogP) is 8.23. The molecule has 0 atom stereocenters. The highest BCUT2D eigenvalue weighted by atomic mass is 79.9. The lowest BCUT2D eigenvalue weighted by Crippen LogP contribution is -2.59. The third-order valence-electron chi connectivity index (χ3n) is 6.87. The van der Waals surface area contributed by atoms with E-state index in [4.69, 9.17) is 44.1 Å². The van der Waals surface area contributed by atoms with Gasteiger partial charge in [0, 0.05) is 27.2 Å². The Kier molecular flexibility index (Phi) is 6.66. The second-order valence-corrected chi connectivity index (χ2v) is 11.7. The number of nitrogens with zero attached hydrogens (tertiary/aromatic N) is 2. The maximum Gasteiger partial charge on any atom is 0.147 e. The number of aliphatic hydroxyl groups is 1. The molecule has 0 unspecified atom stereocenters. The van der Waals surface area contributed by atoms with E-state index in [0.717, 1.165) is 34.3 Å². The third kappa shape index (κ3) is 4.86. The lowest BCUT2D eigenvalue weighted by Gasteiger charge is -2.48. The van der Waals surface area contributed by atoms with Crippen LogP contribution in [0.15, 0.2) is 69.7 Å². The summed E-state index contributed by atoms with van der Waals surface area (Å²) in [5.74, 6) is 1.72. The zero-order valence-electron chi connectivity index (χ0n) is 19.6. The van der Waals surface area contributed by atoms with Gasteiger partial charge >= 0.3 is 0 Å². The molecule has 4 aromatic rings. The summed E-state index contributed by atoms with van der Waals surface area (Å²) in [6.07, 6.45) is 2.10. The molecular formula is C28H22BrCl3N2O3. The number of hydrogen-bond acceptors (Lipinski definition) is 5. The minimum Gasteiger partial charge on any atom is -0.489 e. The number of hydrogen-bond donors (Lipinski definition) is 1. The molecule has 1 N–H and O–H groups in total. The van der Waals surface area contributed by atoms with E-state index < -0.39 is 5.60 Å². The Labute approximate surface area is 238 Å². The summed E-state index contributed by atoms with van der Waals surface area (Å²) in [6.45, 7) is 1.14. The van der Waals surface area contributed by atoms with Gasteiger partial charge in [-0.3, -0.25) is 0 Å². The molecule has 0 amide bonds. The van der Waals surface area contributed by atoms with E-state index in [1.54, 1.807) is 24.3 Å². The molecule has 6 rings (SSSR count). The first-order valence-corrected chi connectivity index (χ1v) is 13.8. The molecule has 1 saturated carbocycles. The molecule has 2 heterocycles. The summed E-state index contributed by atoms with van der Waals surface area (Å²) < 4.78 is 12.9. The maximum absolute atomic E-state index is 11.2. The second-order valence-electron chi connectivity index (χ2n) is 9.54. The molecule has 1 aromatic heterocycles. The van der Waals surface area contributed by atoms with Crippen LogP contribution in [0.5, 0.6) is 5.75 Å². The second kappa shape index (κ2) is 9.83. The number of ether oxygens (including phenoxy) is 1. The van der Waals surface area contributed by atoms with Gasteiger partial charge in [-0.25, -0.2) is 0 Å². The number of β-amino-alcohol motifs (C(OH)–C–C–N with tert-alkyl or cyclic N) is 1. The van der Waals surface area contributed by atoms with Crippen LogP contribution < -0.4 is 9.64 Å². The van der Waals surface area contributed by atoms with Gasteiger partial charge in [0.15, 0.2) is 0 Å². The molecule has 9 heteroatoms. The number of benzene rings is 3. The first-order valence-electron chi connectivity index (χ1n) is 11.9. The third-order valence-corrected chi connectivity index (χ3v) is 8.31. The minimum atomic E-state index is -1.03. The quantitative estimate of drug-likeness (QED) is 0.226. The molecule has 2 aliphatic rings. The van der Waals surface area contributed by atoms with Crippen molar-refractivity contribution in [2.24, 2.45) is 0 Å². The fourth-order valence-electron chi connectivity index (χ4n) is 4.78. The molecule has 0 spiro atoms. The standard InChI is InChI=1S/C28H22BrCl3N2O3/c29-17-3-1-4-18(11-17)34-14-28(35,15-34)21-10-9-19(12-24(21)32)36-13-20-26(33-37-27(20)16-7-8-16)25-22(30)5-2-6-23(25)31/h1-6,9-12,16,35H,7-8,13-15H2. The zero-order chi connectivity index (χ0) is 25.7. The lowest BCUT2D eigenvalue weighted by molar-refractivity contribution is 0.00760. The van der Waals surface area contributed by atoms with Crippen molar-refractivity contribution in [3.8, 4) is 17.0 Å². The van der Waals surface area contributed by atoms with Crippen molar-refractivity contribution in [3.63, 3.8) is 0 Å². The Morgan fingerprint density at radius 1 is 1.00 bits per heavy atom. The van der Waals surface area contributed by atoms with Crippen LogP contribution in [0.2, 0.25) is 15.1 Å². The van der Waals surface area contributed by atoms with Gasteiger partial charge < -0.3 is 19.3 Å². The Balaban J connectivity index is 1.20. The molecule has 0 radical (unpaired) electrons. The molecule has 190 valence electrons. The number of aromatic nitrogens is 1. The molecular weight excluding hydrogens is 599 g/mol. The molecule has 5 nitrogen and oxygen atoms in total. The highest BCUT2D eigenvalue weighted by Gasteiger charge is 2.44. The monoisotopic (exact) mass is 618 g/mol.